The summed E-state index contributed by atoms with van der Waals surface area (Å²) in [5, 5.41) is 0. The number of carbonyl (C=O) groups is 1. The SMILES string of the molecule is CN(Cc1ccccc1)C(=O)CCC1CCN(CC2CC=CCC2)CC1. The van der Waals surface area contributed by atoms with Crippen LogP contribution in [0, 0.1) is 11.8 Å². The molecule has 1 fully saturated rings. The summed E-state index contributed by atoms with van der Waals surface area (Å²) >= 11 is 0. The lowest BCUT2D eigenvalue weighted by molar-refractivity contribution is -0.130. The Kier molecular flexibility index (Phi) is 7.31. The van der Waals surface area contributed by atoms with Crippen molar-refractivity contribution in [2.75, 3.05) is 26.7 Å². The number of rotatable bonds is 7. The molecule has 0 bridgehead atoms. The van der Waals surface area contributed by atoms with Crippen LogP contribution in [-0.4, -0.2) is 42.4 Å². The second kappa shape index (κ2) is 9.91. The molecule has 3 nitrogen and oxygen atoms in total. The summed E-state index contributed by atoms with van der Waals surface area (Å²) in [6.45, 7) is 4.43. The van der Waals surface area contributed by atoms with Gasteiger partial charge in [0.25, 0.3) is 0 Å². The minimum Gasteiger partial charge on any atom is -0.341 e. The maximum Gasteiger partial charge on any atom is 0.222 e. The Balaban J connectivity index is 1.32. The molecule has 1 aliphatic carbocycles. The summed E-state index contributed by atoms with van der Waals surface area (Å²) in [5.74, 6) is 1.88. The van der Waals surface area contributed by atoms with Crippen LogP contribution in [0.2, 0.25) is 0 Å². The lowest BCUT2D eigenvalue weighted by atomic mass is 9.89. The molecule has 1 amide bonds. The average Bonchev–Trinajstić information content (AvgIpc) is 2.69. The Bertz CT molecular complexity index is 575. The summed E-state index contributed by atoms with van der Waals surface area (Å²) in [4.78, 5) is 17.0. The Hall–Kier alpha value is -1.61. The standard InChI is InChI=1S/C23H34N2O/c1-24(18-21-8-4-2-5-9-21)23(26)13-12-20-14-16-25(17-15-20)19-22-10-6-3-7-11-22/h2-6,8-9,20,22H,7,10-19H2,1H3. The van der Waals surface area contributed by atoms with E-state index in [1.807, 2.05) is 30.1 Å². The number of benzene rings is 1. The number of piperidine rings is 1. The van der Waals surface area contributed by atoms with Crippen molar-refractivity contribution in [1.82, 2.24) is 9.80 Å². The number of likely N-dealkylation sites (tertiary alicyclic amines) is 1. The molecule has 1 aliphatic heterocycles. The molecule has 2 aliphatic rings. The van der Waals surface area contributed by atoms with Gasteiger partial charge in [0.2, 0.25) is 5.91 Å². The fourth-order valence-corrected chi connectivity index (χ4v) is 4.31. The fourth-order valence-electron chi connectivity index (χ4n) is 4.31. The zero-order valence-electron chi connectivity index (χ0n) is 16.3. The van der Waals surface area contributed by atoms with Gasteiger partial charge in [-0.05, 0) is 69.0 Å². The topological polar surface area (TPSA) is 23.6 Å². The van der Waals surface area contributed by atoms with Crippen molar-refractivity contribution in [2.24, 2.45) is 11.8 Å². The van der Waals surface area contributed by atoms with Gasteiger partial charge in [-0.3, -0.25) is 4.79 Å². The first-order valence-electron chi connectivity index (χ1n) is 10.4. The van der Waals surface area contributed by atoms with Crippen molar-refractivity contribution in [3.05, 3.63) is 48.0 Å². The summed E-state index contributed by atoms with van der Waals surface area (Å²) in [6.07, 6.45) is 12.9. The predicted octanol–water partition coefficient (Wildman–Crippen LogP) is 4.49. The van der Waals surface area contributed by atoms with E-state index in [0.29, 0.717) is 13.0 Å². The molecule has 1 unspecified atom stereocenters. The zero-order valence-corrected chi connectivity index (χ0v) is 16.3. The van der Waals surface area contributed by atoms with E-state index in [0.717, 1.165) is 18.3 Å². The third kappa shape index (κ3) is 5.98. The number of hydrogen-bond acceptors (Lipinski definition) is 2. The average molecular weight is 355 g/mol. The van der Waals surface area contributed by atoms with E-state index >= 15 is 0 Å². The smallest absolute Gasteiger partial charge is 0.222 e. The normalized spacial score (nSPS) is 21.7. The van der Waals surface area contributed by atoms with Crippen molar-refractivity contribution in [3.8, 4) is 0 Å². The maximum absolute atomic E-state index is 12.4. The molecule has 26 heavy (non-hydrogen) atoms. The van der Waals surface area contributed by atoms with Gasteiger partial charge in [0.1, 0.15) is 0 Å². The highest BCUT2D eigenvalue weighted by molar-refractivity contribution is 5.75. The van der Waals surface area contributed by atoms with E-state index < -0.39 is 0 Å². The van der Waals surface area contributed by atoms with Crippen LogP contribution in [0.4, 0.5) is 0 Å². The van der Waals surface area contributed by atoms with Crippen LogP contribution in [0.3, 0.4) is 0 Å². The molecule has 142 valence electrons. The minimum atomic E-state index is 0.283. The number of carbonyl (C=O) groups excluding carboxylic acids is 1. The van der Waals surface area contributed by atoms with Crippen LogP contribution in [0.25, 0.3) is 0 Å². The second-order valence-corrected chi connectivity index (χ2v) is 8.17. The lowest BCUT2D eigenvalue weighted by Crippen LogP contribution is -2.37. The monoisotopic (exact) mass is 354 g/mol. The van der Waals surface area contributed by atoms with Gasteiger partial charge in [-0.2, -0.15) is 0 Å². The maximum atomic E-state index is 12.4. The summed E-state index contributed by atoms with van der Waals surface area (Å²) in [7, 11) is 1.93. The van der Waals surface area contributed by atoms with E-state index in [2.05, 4.69) is 29.2 Å². The van der Waals surface area contributed by atoms with E-state index in [1.165, 1.54) is 57.3 Å². The lowest BCUT2D eigenvalue weighted by Gasteiger charge is -2.34. The summed E-state index contributed by atoms with van der Waals surface area (Å²) in [5.41, 5.74) is 1.20. The second-order valence-electron chi connectivity index (χ2n) is 8.17. The molecule has 0 N–H and O–H groups in total. The minimum absolute atomic E-state index is 0.283. The Morgan fingerprint density at radius 2 is 1.85 bits per heavy atom. The molecule has 0 spiro atoms. The summed E-state index contributed by atoms with van der Waals surface area (Å²) in [6, 6.07) is 10.3. The summed E-state index contributed by atoms with van der Waals surface area (Å²) < 4.78 is 0. The van der Waals surface area contributed by atoms with Crippen molar-refractivity contribution in [2.45, 2.75) is 51.5 Å². The third-order valence-corrected chi connectivity index (χ3v) is 6.06. The number of allylic oxidation sites excluding steroid dienone is 2. The Morgan fingerprint density at radius 1 is 1.08 bits per heavy atom. The van der Waals surface area contributed by atoms with Crippen LogP contribution >= 0.6 is 0 Å². The number of amides is 1. The quantitative estimate of drug-likeness (QED) is 0.673. The third-order valence-electron chi connectivity index (χ3n) is 6.06. The molecule has 1 heterocycles. The molecule has 1 saturated heterocycles. The van der Waals surface area contributed by atoms with Crippen molar-refractivity contribution in [3.63, 3.8) is 0 Å². The molecular formula is C23H34N2O. The van der Waals surface area contributed by atoms with E-state index in [4.69, 9.17) is 0 Å². The predicted molar refractivity (Wildman–Crippen MR) is 108 cm³/mol. The molecule has 0 aromatic heterocycles. The van der Waals surface area contributed by atoms with Crippen molar-refractivity contribution < 1.29 is 4.79 Å². The van der Waals surface area contributed by atoms with Gasteiger partial charge in [-0.15, -0.1) is 0 Å². The first-order valence-corrected chi connectivity index (χ1v) is 10.4. The van der Waals surface area contributed by atoms with Gasteiger partial charge in [-0.1, -0.05) is 42.5 Å². The Labute approximate surface area is 159 Å². The molecule has 3 rings (SSSR count). The highest BCUT2D eigenvalue weighted by Crippen LogP contribution is 2.25. The van der Waals surface area contributed by atoms with Crippen LogP contribution in [-0.2, 0) is 11.3 Å². The highest BCUT2D eigenvalue weighted by Gasteiger charge is 2.22. The van der Waals surface area contributed by atoms with Gasteiger partial charge in [0, 0.05) is 26.6 Å². The van der Waals surface area contributed by atoms with Gasteiger partial charge in [0.05, 0.1) is 0 Å². The number of nitrogens with zero attached hydrogens (tertiary/aromatic N) is 2. The van der Waals surface area contributed by atoms with Gasteiger partial charge in [0.15, 0.2) is 0 Å². The van der Waals surface area contributed by atoms with E-state index in [1.54, 1.807) is 0 Å². The van der Waals surface area contributed by atoms with Crippen LogP contribution in [0.1, 0.15) is 50.5 Å². The van der Waals surface area contributed by atoms with Gasteiger partial charge >= 0.3 is 0 Å². The molecule has 1 aromatic rings. The first kappa shape index (κ1) is 19.2. The van der Waals surface area contributed by atoms with Crippen LogP contribution in [0.15, 0.2) is 42.5 Å². The van der Waals surface area contributed by atoms with E-state index in [-0.39, 0.29) is 5.91 Å². The Morgan fingerprint density at radius 3 is 2.54 bits per heavy atom. The number of hydrogen-bond donors (Lipinski definition) is 0. The van der Waals surface area contributed by atoms with Crippen LogP contribution < -0.4 is 0 Å². The van der Waals surface area contributed by atoms with Gasteiger partial charge < -0.3 is 9.80 Å². The molecule has 0 saturated carbocycles. The fraction of sp³-hybridized carbons (Fsp3) is 0.609. The first-order chi connectivity index (χ1) is 12.7. The van der Waals surface area contributed by atoms with E-state index in [9.17, 15) is 4.79 Å². The zero-order chi connectivity index (χ0) is 18.2. The van der Waals surface area contributed by atoms with Crippen molar-refractivity contribution in [1.29, 1.82) is 0 Å². The highest BCUT2D eigenvalue weighted by atomic mass is 16.2. The molecule has 1 aromatic carbocycles. The molecule has 0 radical (unpaired) electrons. The molecular weight excluding hydrogens is 320 g/mol. The van der Waals surface area contributed by atoms with Crippen LogP contribution in [0.5, 0.6) is 0 Å². The largest absolute Gasteiger partial charge is 0.341 e. The van der Waals surface area contributed by atoms with Crippen molar-refractivity contribution >= 4 is 5.91 Å². The molecule has 3 heteroatoms. The van der Waals surface area contributed by atoms with Gasteiger partial charge in [-0.25, -0.2) is 0 Å². The molecule has 1 atom stereocenters.